The van der Waals surface area contributed by atoms with Crippen LogP contribution in [0.25, 0.3) is 16.3 Å². The van der Waals surface area contributed by atoms with Crippen molar-refractivity contribution in [2.24, 2.45) is 0 Å². The second-order valence-corrected chi connectivity index (χ2v) is 7.55. The van der Waals surface area contributed by atoms with Gasteiger partial charge in [0.15, 0.2) is 0 Å². The minimum Gasteiger partial charge on any atom is -0.497 e. The van der Waals surface area contributed by atoms with E-state index in [2.05, 4.69) is 5.32 Å². The van der Waals surface area contributed by atoms with E-state index in [1.807, 2.05) is 42.5 Å². The molecule has 5 nitrogen and oxygen atoms in total. The Bertz CT molecular complexity index is 1400. The molecule has 0 aliphatic carbocycles. The van der Waals surface area contributed by atoms with E-state index in [1.165, 1.54) is 24.3 Å². The number of ether oxygens (including phenoxy) is 1. The molecular formula is C27H19FN2O3. The van der Waals surface area contributed by atoms with Crippen LogP contribution >= 0.6 is 0 Å². The average Bonchev–Trinajstić information content (AvgIpc) is 3.09. The average molecular weight is 438 g/mol. The van der Waals surface area contributed by atoms with Crippen LogP contribution in [0.15, 0.2) is 96.7 Å². The molecule has 162 valence electrons. The van der Waals surface area contributed by atoms with E-state index in [0.717, 1.165) is 15.7 Å². The van der Waals surface area contributed by atoms with E-state index in [-0.39, 0.29) is 11.3 Å². The molecule has 1 N–H and O–H groups in total. The van der Waals surface area contributed by atoms with Gasteiger partial charge in [0.1, 0.15) is 17.3 Å². The number of rotatable bonds is 5. The number of fused-ring (bicyclic) bond motifs is 1. The van der Waals surface area contributed by atoms with Gasteiger partial charge in [-0.1, -0.05) is 48.5 Å². The van der Waals surface area contributed by atoms with Crippen LogP contribution in [-0.4, -0.2) is 18.9 Å². The van der Waals surface area contributed by atoms with Crippen LogP contribution in [0, 0.1) is 5.82 Å². The van der Waals surface area contributed by atoms with Crippen molar-refractivity contribution in [3.63, 3.8) is 0 Å². The Morgan fingerprint density at radius 2 is 1.48 bits per heavy atom. The molecule has 0 unspecified atom stereocenters. The third kappa shape index (κ3) is 3.61. The summed E-state index contributed by atoms with van der Waals surface area (Å²) in [6, 6.07) is 25.7. The van der Waals surface area contributed by atoms with Crippen molar-refractivity contribution in [2.75, 3.05) is 17.3 Å². The Hall–Kier alpha value is -4.45. The number of methoxy groups -OCH3 is 1. The van der Waals surface area contributed by atoms with Crippen molar-refractivity contribution in [3.05, 3.63) is 108 Å². The second-order valence-electron chi connectivity index (χ2n) is 7.55. The lowest BCUT2D eigenvalue weighted by atomic mass is 10.0. The van der Waals surface area contributed by atoms with Crippen molar-refractivity contribution in [3.8, 4) is 5.75 Å². The Labute approximate surface area is 189 Å². The number of carbonyl (C=O) groups excluding carboxylic acids is 2. The normalized spacial score (nSPS) is 13.7. The Morgan fingerprint density at radius 3 is 2.21 bits per heavy atom. The summed E-state index contributed by atoms with van der Waals surface area (Å²) >= 11 is 0. The first kappa shape index (κ1) is 20.5. The van der Waals surface area contributed by atoms with Gasteiger partial charge in [0.25, 0.3) is 11.8 Å². The van der Waals surface area contributed by atoms with Crippen molar-refractivity contribution in [1.82, 2.24) is 0 Å². The van der Waals surface area contributed by atoms with E-state index < -0.39 is 17.6 Å². The fourth-order valence-electron chi connectivity index (χ4n) is 3.96. The van der Waals surface area contributed by atoms with Crippen LogP contribution < -0.4 is 15.0 Å². The molecule has 0 spiro atoms. The summed E-state index contributed by atoms with van der Waals surface area (Å²) in [5, 5.41) is 5.13. The van der Waals surface area contributed by atoms with E-state index in [0.29, 0.717) is 22.7 Å². The van der Waals surface area contributed by atoms with Crippen LogP contribution in [0.2, 0.25) is 0 Å². The molecule has 0 bridgehead atoms. The standard InChI is InChI=1S/C27H19FN2O3/c1-33-21-15-9-18(10-16-21)24-25(29-23-8-4-6-17-5-2-3-7-22(17)23)27(32)30(26(24)31)20-13-11-19(28)12-14-20/h2-16,29H,1H3. The number of nitrogens with one attached hydrogen (secondary N) is 1. The molecule has 0 fully saturated rings. The predicted octanol–water partition coefficient (Wildman–Crippen LogP) is 5.38. The van der Waals surface area contributed by atoms with Crippen LogP contribution in [0.5, 0.6) is 5.75 Å². The van der Waals surface area contributed by atoms with E-state index in [9.17, 15) is 14.0 Å². The number of benzene rings is 4. The number of hydrogen-bond donors (Lipinski definition) is 1. The largest absolute Gasteiger partial charge is 0.497 e. The maximum atomic E-state index is 13.5. The van der Waals surface area contributed by atoms with Gasteiger partial charge in [-0.05, 0) is 53.4 Å². The van der Waals surface area contributed by atoms with Crippen LogP contribution in [-0.2, 0) is 9.59 Å². The minimum atomic E-state index is -0.509. The van der Waals surface area contributed by atoms with Gasteiger partial charge >= 0.3 is 0 Å². The summed E-state index contributed by atoms with van der Waals surface area (Å²) in [6.45, 7) is 0. The topological polar surface area (TPSA) is 58.6 Å². The van der Waals surface area contributed by atoms with Crippen LogP contribution in [0.4, 0.5) is 15.8 Å². The van der Waals surface area contributed by atoms with Gasteiger partial charge in [0.2, 0.25) is 0 Å². The van der Waals surface area contributed by atoms with Crippen LogP contribution in [0.1, 0.15) is 5.56 Å². The van der Waals surface area contributed by atoms with Gasteiger partial charge in [0.05, 0.1) is 18.4 Å². The molecule has 0 atom stereocenters. The summed E-state index contributed by atoms with van der Waals surface area (Å²) in [7, 11) is 1.56. The van der Waals surface area contributed by atoms with Gasteiger partial charge in [-0.3, -0.25) is 9.59 Å². The highest BCUT2D eigenvalue weighted by Gasteiger charge is 2.40. The first-order chi connectivity index (χ1) is 16.1. The number of halogens is 1. The van der Waals surface area contributed by atoms with Gasteiger partial charge in [-0.15, -0.1) is 0 Å². The quantitative estimate of drug-likeness (QED) is 0.425. The molecular weight excluding hydrogens is 419 g/mol. The molecule has 1 heterocycles. The molecule has 4 aromatic rings. The van der Waals surface area contributed by atoms with E-state index >= 15 is 0 Å². The van der Waals surface area contributed by atoms with Gasteiger partial charge in [-0.2, -0.15) is 0 Å². The number of carbonyl (C=O) groups is 2. The molecule has 1 aliphatic rings. The van der Waals surface area contributed by atoms with Crippen molar-refractivity contribution in [2.45, 2.75) is 0 Å². The number of anilines is 2. The zero-order valence-corrected chi connectivity index (χ0v) is 17.7. The van der Waals surface area contributed by atoms with Gasteiger partial charge in [-0.25, -0.2) is 9.29 Å². The lowest BCUT2D eigenvalue weighted by Crippen LogP contribution is -2.32. The highest BCUT2D eigenvalue weighted by molar-refractivity contribution is 6.46. The number of nitrogens with zero attached hydrogens (tertiary/aromatic N) is 1. The molecule has 2 amide bonds. The summed E-state index contributed by atoms with van der Waals surface area (Å²) in [5.41, 5.74) is 1.97. The molecule has 0 saturated heterocycles. The number of hydrogen-bond acceptors (Lipinski definition) is 4. The Balaban J connectivity index is 1.64. The van der Waals surface area contributed by atoms with Gasteiger partial charge in [0, 0.05) is 11.1 Å². The van der Waals surface area contributed by atoms with Crippen molar-refractivity contribution >= 4 is 39.5 Å². The first-order valence-corrected chi connectivity index (χ1v) is 10.3. The SMILES string of the molecule is COc1ccc(C2=C(Nc3cccc4ccccc34)C(=O)N(c3ccc(F)cc3)C2=O)cc1. The molecule has 0 saturated carbocycles. The highest BCUT2D eigenvalue weighted by atomic mass is 19.1. The second kappa shape index (κ2) is 8.24. The molecule has 5 rings (SSSR count). The predicted molar refractivity (Wildman–Crippen MR) is 126 cm³/mol. The lowest BCUT2D eigenvalue weighted by Gasteiger charge is -2.15. The van der Waals surface area contributed by atoms with Crippen LogP contribution in [0.3, 0.4) is 0 Å². The maximum Gasteiger partial charge on any atom is 0.282 e. The van der Waals surface area contributed by atoms with E-state index in [4.69, 9.17) is 4.74 Å². The lowest BCUT2D eigenvalue weighted by molar-refractivity contribution is -0.120. The minimum absolute atomic E-state index is 0.158. The van der Waals surface area contributed by atoms with Gasteiger partial charge < -0.3 is 10.1 Å². The highest BCUT2D eigenvalue weighted by Crippen LogP contribution is 2.35. The summed E-state index contributed by atoms with van der Waals surface area (Å²) in [5.74, 6) is -0.810. The molecule has 0 radical (unpaired) electrons. The van der Waals surface area contributed by atoms with Crippen molar-refractivity contribution < 1.29 is 18.7 Å². The monoisotopic (exact) mass is 438 g/mol. The Kier molecular flexibility index (Phi) is 5.11. The Morgan fingerprint density at radius 1 is 0.788 bits per heavy atom. The molecule has 6 heteroatoms. The summed E-state index contributed by atoms with van der Waals surface area (Å²) in [6.07, 6.45) is 0. The number of amides is 2. The molecule has 33 heavy (non-hydrogen) atoms. The third-order valence-electron chi connectivity index (χ3n) is 5.60. The fourth-order valence-corrected chi connectivity index (χ4v) is 3.96. The summed E-state index contributed by atoms with van der Waals surface area (Å²) in [4.78, 5) is 28.1. The number of imide groups is 1. The zero-order valence-electron chi connectivity index (χ0n) is 17.7. The zero-order chi connectivity index (χ0) is 22.9. The first-order valence-electron chi connectivity index (χ1n) is 10.3. The molecule has 1 aliphatic heterocycles. The summed E-state index contributed by atoms with van der Waals surface area (Å²) < 4.78 is 18.7. The smallest absolute Gasteiger partial charge is 0.282 e. The van der Waals surface area contributed by atoms with E-state index in [1.54, 1.807) is 31.4 Å². The molecule has 4 aromatic carbocycles. The molecule has 0 aromatic heterocycles. The fraction of sp³-hybridized carbons (Fsp3) is 0.0370. The third-order valence-corrected chi connectivity index (χ3v) is 5.60. The van der Waals surface area contributed by atoms with Crippen molar-refractivity contribution in [1.29, 1.82) is 0 Å². The maximum absolute atomic E-state index is 13.5.